The SMILES string of the molecule is C[C@@H]1CNc2c(sc3ccc4nc(N5CCC6(CC5)OCCO6)ccc4c23)C(=O)N1. The number of hydrogen-bond donors (Lipinski definition) is 2. The molecule has 1 amide bonds. The molecule has 5 heterocycles. The molecule has 0 bridgehead atoms. The van der Waals surface area contributed by atoms with E-state index in [1.165, 1.54) is 0 Å². The number of anilines is 2. The first-order valence-corrected chi connectivity index (χ1v) is 11.4. The first-order valence-electron chi connectivity index (χ1n) is 10.6. The first-order chi connectivity index (χ1) is 14.6. The van der Waals surface area contributed by atoms with Crippen molar-refractivity contribution in [1.82, 2.24) is 10.3 Å². The van der Waals surface area contributed by atoms with Gasteiger partial charge in [0.15, 0.2) is 5.79 Å². The molecule has 30 heavy (non-hydrogen) atoms. The van der Waals surface area contributed by atoms with Gasteiger partial charge >= 0.3 is 0 Å². The van der Waals surface area contributed by atoms with Gasteiger partial charge in [0.05, 0.1) is 24.4 Å². The Kier molecular flexibility index (Phi) is 4.16. The summed E-state index contributed by atoms with van der Waals surface area (Å²) in [6.07, 6.45) is 1.72. The highest BCUT2D eigenvalue weighted by Gasteiger charge is 2.40. The van der Waals surface area contributed by atoms with Crippen molar-refractivity contribution in [1.29, 1.82) is 0 Å². The molecule has 8 heteroatoms. The molecule has 0 aliphatic carbocycles. The van der Waals surface area contributed by atoms with Crippen molar-refractivity contribution in [2.24, 2.45) is 0 Å². The summed E-state index contributed by atoms with van der Waals surface area (Å²) in [5.74, 6) is 0.604. The second-order valence-corrected chi connectivity index (χ2v) is 9.38. The van der Waals surface area contributed by atoms with Crippen molar-refractivity contribution < 1.29 is 14.3 Å². The van der Waals surface area contributed by atoms with Gasteiger partial charge in [-0.05, 0) is 31.2 Å². The molecule has 0 unspecified atom stereocenters. The lowest BCUT2D eigenvalue weighted by Gasteiger charge is -2.38. The van der Waals surface area contributed by atoms with E-state index in [4.69, 9.17) is 14.5 Å². The molecule has 3 aliphatic heterocycles. The van der Waals surface area contributed by atoms with E-state index >= 15 is 0 Å². The lowest BCUT2D eigenvalue weighted by molar-refractivity contribution is -0.169. The smallest absolute Gasteiger partial charge is 0.263 e. The van der Waals surface area contributed by atoms with Gasteiger partial charge in [-0.1, -0.05) is 0 Å². The maximum Gasteiger partial charge on any atom is 0.263 e. The van der Waals surface area contributed by atoms with Crippen molar-refractivity contribution >= 4 is 49.7 Å². The van der Waals surface area contributed by atoms with E-state index in [1.54, 1.807) is 11.3 Å². The van der Waals surface area contributed by atoms with Crippen LogP contribution >= 0.6 is 11.3 Å². The molecule has 6 rings (SSSR count). The van der Waals surface area contributed by atoms with Gasteiger partial charge in [-0.15, -0.1) is 11.3 Å². The number of thiophene rings is 1. The summed E-state index contributed by atoms with van der Waals surface area (Å²) in [5, 5.41) is 8.71. The van der Waals surface area contributed by atoms with E-state index in [2.05, 4.69) is 39.8 Å². The maximum atomic E-state index is 12.6. The fourth-order valence-electron chi connectivity index (χ4n) is 4.75. The summed E-state index contributed by atoms with van der Waals surface area (Å²) < 4.78 is 12.8. The van der Waals surface area contributed by atoms with E-state index in [-0.39, 0.29) is 17.7 Å². The molecule has 3 aromatic rings. The highest BCUT2D eigenvalue weighted by atomic mass is 32.1. The van der Waals surface area contributed by atoms with Crippen LogP contribution < -0.4 is 15.5 Å². The third-order valence-electron chi connectivity index (χ3n) is 6.34. The zero-order chi connectivity index (χ0) is 20.3. The van der Waals surface area contributed by atoms with Crippen molar-refractivity contribution in [3.8, 4) is 0 Å². The maximum absolute atomic E-state index is 12.6. The number of ether oxygens (including phenoxy) is 2. The number of benzene rings is 1. The number of nitrogens with zero attached hydrogens (tertiary/aromatic N) is 2. The minimum absolute atomic E-state index is 0.0000239. The summed E-state index contributed by atoms with van der Waals surface area (Å²) in [7, 11) is 0. The summed E-state index contributed by atoms with van der Waals surface area (Å²) in [6.45, 7) is 5.86. The quantitative estimate of drug-likeness (QED) is 0.624. The predicted octanol–water partition coefficient (Wildman–Crippen LogP) is 3.34. The number of piperidine rings is 1. The molecule has 2 saturated heterocycles. The Balaban J connectivity index is 1.37. The average Bonchev–Trinajstić information content (AvgIpc) is 3.34. The number of carbonyl (C=O) groups excluding carboxylic acids is 1. The molecule has 0 radical (unpaired) electrons. The third kappa shape index (κ3) is 2.85. The molecule has 2 fully saturated rings. The molecular formula is C22H24N4O3S. The fraction of sp³-hybridized carbons (Fsp3) is 0.455. The Morgan fingerprint density at radius 1 is 1.17 bits per heavy atom. The molecule has 0 saturated carbocycles. The Bertz CT molecular complexity index is 1140. The molecular weight excluding hydrogens is 400 g/mol. The standard InChI is InChI=1S/C22H24N4O3S/c1-13-12-23-19-18-14-2-5-17(26-8-6-22(7-9-26)28-10-11-29-22)25-15(14)3-4-16(18)30-20(19)21(27)24-13/h2-5,13,23H,6-12H2,1H3,(H,24,27)/t13-/m1/s1. The Hall–Kier alpha value is -2.42. The van der Waals surface area contributed by atoms with Gasteiger partial charge in [-0.3, -0.25) is 4.79 Å². The Labute approximate surface area is 178 Å². The van der Waals surface area contributed by atoms with Gasteiger partial charge in [-0.2, -0.15) is 0 Å². The number of rotatable bonds is 1. The van der Waals surface area contributed by atoms with Gasteiger partial charge < -0.3 is 25.0 Å². The van der Waals surface area contributed by atoms with Crippen LogP contribution in [0.1, 0.15) is 29.4 Å². The highest BCUT2D eigenvalue weighted by Crippen LogP contribution is 2.41. The average molecular weight is 425 g/mol. The van der Waals surface area contributed by atoms with Crippen LogP contribution in [0.2, 0.25) is 0 Å². The normalized spacial score (nSPS) is 23.4. The monoisotopic (exact) mass is 424 g/mol. The number of carbonyl (C=O) groups is 1. The third-order valence-corrected chi connectivity index (χ3v) is 7.49. The second kappa shape index (κ2) is 6.80. The van der Waals surface area contributed by atoms with Crippen molar-refractivity contribution in [2.45, 2.75) is 31.6 Å². The molecule has 2 aromatic heterocycles. The van der Waals surface area contributed by atoms with Crippen molar-refractivity contribution in [2.75, 3.05) is 43.1 Å². The van der Waals surface area contributed by atoms with Gasteiger partial charge in [0.1, 0.15) is 10.7 Å². The van der Waals surface area contributed by atoms with Crippen LogP contribution in [0.15, 0.2) is 24.3 Å². The highest BCUT2D eigenvalue weighted by molar-refractivity contribution is 7.21. The lowest BCUT2D eigenvalue weighted by atomic mass is 10.0. The van der Waals surface area contributed by atoms with Crippen molar-refractivity contribution in [3.63, 3.8) is 0 Å². The van der Waals surface area contributed by atoms with Crippen LogP contribution in [0, 0.1) is 0 Å². The largest absolute Gasteiger partial charge is 0.381 e. The fourth-order valence-corrected chi connectivity index (χ4v) is 5.85. The minimum atomic E-state index is -0.378. The predicted molar refractivity (Wildman–Crippen MR) is 119 cm³/mol. The van der Waals surface area contributed by atoms with E-state index in [0.717, 1.165) is 63.3 Å². The Morgan fingerprint density at radius 3 is 2.77 bits per heavy atom. The number of pyridine rings is 1. The summed E-state index contributed by atoms with van der Waals surface area (Å²) >= 11 is 1.54. The number of aromatic nitrogens is 1. The van der Waals surface area contributed by atoms with E-state index in [9.17, 15) is 4.79 Å². The van der Waals surface area contributed by atoms with Gasteiger partial charge in [0.2, 0.25) is 0 Å². The molecule has 1 spiro atoms. The van der Waals surface area contributed by atoms with Gasteiger partial charge in [-0.25, -0.2) is 4.98 Å². The topological polar surface area (TPSA) is 75.7 Å². The molecule has 7 nitrogen and oxygen atoms in total. The van der Waals surface area contributed by atoms with Crippen LogP contribution in [0.4, 0.5) is 11.5 Å². The summed E-state index contributed by atoms with van der Waals surface area (Å²) in [5.41, 5.74) is 1.89. The van der Waals surface area contributed by atoms with Gasteiger partial charge in [0.25, 0.3) is 5.91 Å². The minimum Gasteiger partial charge on any atom is -0.381 e. The number of fused-ring (bicyclic) bond motifs is 5. The van der Waals surface area contributed by atoms with E-state index in [0.29, 0.717) is 19.8 Å². The number of nitrogens with one attached hydrogen (secondary N) is 2. The number of amides is 1. The van der Waals surface area contributed by atoms with Crippen LogP contribution in [0.25, 0.3) is 21.0 Å². The van der Waals surface area contributed by atoms with Crippen LogP contribution in [-0.4, -0.2) is 55.6 Å². The van der Waals surface area contributed by atoms with Crippen LogP contribution in [0.5, 0.6) is 0 Å². The van der Waals surface area contributed by atoms with Gasteiger partial charge in [0, 0.05) is 54.0 Å². The number of hydrogen-bond acceptors (Lipinski definition) is 7. The Morgan fingerprint density at radius 2 is 1.97 bits per heavy atom. The van der Waals surface area contributed by atoms with E-state index < -0.39 is 0 Å². The zero-order valence-electron chi connectivity index (χ0n) is 16.9. The van der Waals surface area contributed by atoms with E-state index in [1.807, 2.05) is 6.92 Å². The molecule has 1 atom stereocenters. The first kappa shape index (κ1) is 18.4. The molecule has 2 N–H and O–H groups in total. The van der Waals surface area contributed by atoms with Crippen LogP contribution in [0.3, 0.4) is 0 Å². The van der Waals surface area contributed by atoms with Crippen molar-refractivity contribution in [3.05, 3.63) is 29.1 Å². The zero-order valence-corrected chi connectivity index (χ0v) is 17.7. The molecule has 156 valence electrons. The second-order valence-electron chi connectivity index (χ2n) is 8.33. The summed E-state index contributed by atoms with van der Waals surface area (Å²) in [6, 6.07) is 8.49. The summed E-state index contributed by atoms with van der Waals surface area (Å²) in [4.78, 5) is 20.6. The molecule has 1 aromatic carbocycles. The lowest BCUT2D eigenvalue weighted by Crippen LogP contribution is -2.45. The van der Waals surface area contributed by atoms with Crippen LogP contribution in [-0.2, 0) is 9.47 Å². The molecule has 3 aliphatic rings.